The zero-order valence-corrected chi connectivity index (χ0v) is 16.7. The highest BCUT2D eigenvalue weighted by Crippen LogP contribution is 2.27. The highest BCUT2D eigenvalue weighted by molar-refractivity contribution is 7.18. The maximum Gasteiger partial charge on any atom is 0.351 e. The summed E-state index contributed by atoms with van der Waals surface area (Å²) in [5.74, 6) is -0.439. The average Bonchev–Trinajstić information content (AvgIpc) is 2.56. The quantitative estimate of drug-likeness (QED) is 0.758. The molecule has 1 N–H and O–H groups in total. The van der Waals surface area contributed by atoms with Crippen LogP contribution in [-0.2, 0) is 9.63 Å². The molecule has 0 fully saturated rings. The van der Waals surface area contributed by atoms with Crippen molar-refractivity contribution in [3.8, 4) is 0 Å². The Bertz CT molecular complexity index is 844. The van der Waals surface area contributed by atoms with E-state index in [0.29, 0.717) is 10.4 Å². The van der Waals surface area contributed by atoms with Crippen molar-refractivity contribution in [1.29, 1.82) is 0 Å². The van der Waals surface area contributed by atoms with Crippen LogP contribution in [0.15, 0.2) is 23.0 Å². The lowest BCUT2D eigenvalue weighted by atomic mass is 10.0. The first-order valence-corrected chi connectivity index (χ1v) is 9.37. The van der Waals surface area contributed by atoms with Crippen molar-refractivity contribution in [2.75, 3.05) is 18.6 Å². The highest BCUT2D eigenvalue weighted by Gasteiger charge is 2.35. The van der Waals surface area contributed by atoms with Gasteiger partial charge in [0.15, 0.2) is 0 Å². The largest absolute Gasteiger partial charge is 0.351 e. The number of fused-ring (bicyclic) bond motifs is 1. The maximum absolute atomic E-state index is 12.7. The number of halogens is 1. The van der Waals surface area contributed by atoms with E-state index in [0.717, 1.165) is 22.7 Å². The molecule has 0 aliphatic carbocycles. The van der Waals surface area contributed by atoms with Gasteiger partial charge in [-0.05, 0) is 52.1 Å². The van der Waals surface area contributed by atoms with Gasteiger partial charge in [-0.15, -0.1) is 11.3 Å². The van der Waals surface area contributed by atoms with E-state index in [1.165, 1.54) is 11.3 Å². The first kappa shape index (κ1) is 19.7. The van der Waals surface area contributed by atoms with Crippen LogP contribution in [0.2, 0.25) is 5.02 Å². The van der Waals surface area contributed by atoms with Crippen molar-refractivity contribution < 1.29 is 9.63 Å². The van der Waals surface area contributed by atoms with E-state index < -0.39 is 11.5 Å². The number of likely N-dealkylation sites (N-methyl/N-ethyl adjacent to an activating group) is 1. The lowest BCUT2D eigenvalue weighted by molar-refractivity contribution is -0.153. The Morgan fingerprint density at radius 2 is 1.96 bits per heavy atom. The minimum atomic E-state index is -0.795. The molecule has 1 heterocycles. The van der Waals surface area contributed by atoms with Crippen LogP contribution in [0, 0.1) is 6.92 Å². The summed E-state index contributed by atoms with van der Waals surface area (Å²) >= 11 is 7.43. The average molecular weight is 383 g/mol. The fraction of sp³-hybridized carbons (Fsp3) is 0.444. The third-order valence-electron chi connectivity index (χ3n) is 4.33. The molecule has 0 saturated heterocycles. The molecule has 1 aromatic carbocycles. The summed E-state index contributed by atoms with van der Waals surface area (Å²) in [5.41, 5.74) is 1.82. The Balaban J connectivity index is 2.29. The predicted molar refractivity (Wildman–Crippen MR) is 105 cm³/mol. The summed E-state index contributed by atoms with van der Waals surface area (Å²) in [6.45, 7) is 10.8. The Morgan fingerprint density at radius 1 is 1.32 bits per heavy atom. The first-order valence-electron chi connectivity index (χ1n) is 8.17. The Hall–Kier alpha value is -1.63. The molecule has 5 nitrogen and oxygen atoms in total. The molecule has 7 heteroatoms. The van der Waals surface area contributed by atoms with Crippen LogP contribution in [0.25, 0.3) is 10.1 Å². The molecular formula is C18H23ClN2O3S. The molecule has 0 aliphatic heterocycles. The minimum Gasteiger partial charge on any atom is -0.341 e. The number of hydrogen-bond acceptors (Lipinski definition) is 6. The molecule has 0 atom stereocenters. The van der Waals surface area contributed by atoms with Crippen LogP contribution in [0.1, 0.15) is 32.6 Å². The van der Waals surface area contributed by atoms with E-state index in [9.17, 15) is 9.59 Å². The minimum absolute atomic E-state index is 0.234. The molecule has 136 valence electrons. The summed E-state index contributed by atoms with van der Waals surface area (Å²) in [5, 5.41) is 0.996. The van der Waals surface area contributed by atoms with Crippen LogP contribution in [0.3, 0.4) is 0 Å². The van der Waals surface area contributed by atoms with E-state index in [4.69, 9.17) is 16.4 Å². The molecule has 0 saturated carbocycles. The molecule has 0 bridgehead atoms. The second-order valence-corrected chi connectivity index (χ2v) is 7.92. The molecule has 2 rings (SSSR count). The van der Waals surface area contributed by atoms with Gasteiger partial charge in [-0.3, -0.25) is 9.69 Å². The van der Waals surface area contributed by atoms with Gasteiger partial charge >= 0.3 is 5.97 Å². The number of nitrogens with zero attached hydrogens (tertiary/aromatic N) is 1. The van der Waals surface area contributed by atoms with Gasteiger partial charge in [-0.2, -0.15) is 0 Å². The molecule has 0 spiro atoms. The lowest BCUT2D eigenvalue weighted by Gasteiger charge is -2.34. The summed E-state index contributed by atoms with van der Waals surface area (Å²) in [6, 6.07) is 5.19. The van der Waals surface area contributed by atoms with Gasteiger partial charge in [-0.25, -0.2) is 10.3 Å². The number of anilines is 1. The zero-order chi connectivity index (χ0) is 18.8. The third kappa shape index (κ3) is 3.97. The summed E-state index contributed by atoms with van der Waals surface area (Å²) < 4.78 is 0.840. The highest BCUT2D eigenvalue weighted by atomic mass is 35.5. The summed E-state index contributed by atoms with van der Waals surface area (Å²) in [7, 11) is 0. The standard InChI is InChI=1S/C18H23ClN2O3S/c1-6-21(7-2)18(4,5)17(23)24-20-15-11(3)25-14-9-8-12(19)10-13(14)16(15)22/h8-10,20H,6-7H2,1-5H3. The third-order valence-corrected chi connectivity index (χ3v) is 5.65. The van der Waals surface area contributed by atoms with Crippen molar-refractivity contribution in [2.45, 2.75) is 40.2 Å². The van der Waals surface area contributed by atoms with E-state index >= 15 is 0 Å². The predicted octanol–water partition coefficient (Wildman–Crippen LogP) is 4.21. The van der Waals surface area contributed by atoms with E-state index in [1.807, 2.05) is 31.7 Å². The lowest BCUT2D eigenvalue weighted by Crippen LogP contribution is -2.51. The molecular weight excluding hydrogens is 360 g/mol. The number of carbonyl (C=O) groups excluding carboxylic acids is 1. The van der Waals surface area contributed by atoms with Crippen molar-refractivity contribution in [3.05, 3.63) is 38.3 Å². The molecule has 25 heavy (non-hydrogen) atoms. The van der Waals surface area contributed by atoms with Gasteiger partial charge in [0.25, 0.3) is 0 Å². The fourth-order valence-corrected chi connectivity index (χ4v) is 3.90. The number of aryl methyl sites for hydroxylation is 1. The van der Waals surface area contributed by atoms with E-state index in [-0.39, 0.29) is 11.1 Å². The number of rotatable bonds is 6. The van der Waals surface area contributed by atoms with Crippen LogP contribution in [-0.4, -0.2) is 29.5 Å². The Labute approximate surface area is 156 Å². The van der Waals surface area contributed by atoms with Gasteiger partial charge in [0.05, 0.1) is 0 Å². The first-order chi connectivity index (χ1) is 11.7. The number of benzene rings is 1. The Kier molecular flexibility index (Phi) is 6.08. The van der Waals surface area contributed by atoms with Gasteiger partial charge < -0.3 is 4.84 Å². The van der Waals surface area contributed by atoms with Crippen LogP contribution < -0.4 is 10.9 Å². The summed E-state index contributed by atoms with van der Waals surface area (Å²) in [6.07, 6.45) is 0. The van der Waals surface area contributed by atoms with Crippen molar-refractivity contribution in [1.82, 2.24) is 4.90 Å². The number of carbonyl (C=O) groups is 1. The Morgan fingerprint density at radius 3 is 2.56 bits per heavy atom. The number of hydrogen-bond donors (Lipinski definition) is 1. The normalized spacial score (nSPS) is 11.8. The molecule has 2 aromatic rings. The van der Waals surface area contributed by atoms with E-state index in [1.54, 1.807) is 26.0 Å². The monoisotopic (exact) mass is 382 g/mol. The van der Waals surface area contributed by atoms with Crippen LogP contribution in [0.5, 0.6) is 0 Å². The van der Waals surface area contributed by atoms with Crippen LogP contribution in [0.4, 0.5) is 5.69 Å². The SMILES string of the molecule is CCN(CC)C(C)(C)C(=O)ONc1c(C)sc2ccc(Cl)cc2c1=O. The van der Waals surface area contributed by atoms with Gasteiger partial charge in [0.1, 0.15) is 11.2 Å². The van der Waals surface area contributed by atoms with Crippen molar-refractivity contribution >= 4 is 44.7 Å². The second-order valence-electron chi connectivity index (χ2n) is 6.23. The van der Waals surface area contributed by atoms with Gasteiger partial charge in [-0.1, -0.05) is 25.4 Å². The van der Waals surface area contributed by atoms with Crippen molar-refractivity contribution in [2.24, 2.45) is 0 Å². The zero-order valence-electron chi connectivity index (χ0n) is 15.1. The molecule has 0 aliphatic rings. The molecule has 0 radical (unpaired) electrons. The maximum atomic E-state index is 12.7. The van der Waals surface area contributed by atoms with Crippen LogP contribution >= 0.6 is 22.9 Å². The smallest absolute Gasteiger partial charge is 0.341 e. The number of nitrogens with one attached hydrogen (secondary N) is 1. The van der Waals surface area contributed by atoms with Gasteiger partial charge in [0, 0.05) is 20.0 Å². The van der Waals surface area contributed by atoms with E-state index in [2.05, 4.69) is 5.48 Å². The molecule has 0 unspecified atom stereocenters. The molecule has 1 aromatic heterocycles. The molecule has 0 amide bonds. The topological polar surface area (TPSA) is 58.6 Å². The second kappa shape index (κ2) is 7.72. The summed E-state index contributed by atoms with van der Waals surface area (Å²) in [4.78, 5) is 33.2. The fourth-order valence-electron chi connectivity index (χ4n) is 2.76. The van der Waals surface area contributed by atoms with Gasteiger partial charge in [0.2, 0.25) is 5.43 Å². The van der Waals surface area contributed by atoms with Crippen molar-refractivity contribution in [3.63, 3.8) is 0 Å².